The first kappa shape index (κ1) is 74.5. The Balaban J connectivity index is -0.000000280. The van der Waals surface area contributed by atoms with Crippen molar-refractivity contribution in [3.63, 3.8) is 0 Å². The summed E-state index contributed by atoms with van der Waals surface area (Å²) in [7, 11) is 0. The van der Waals surface area contributed by atoms with Crippen molar-refractivity contribution in [1.82, 2.24) is 0 Å². The molecule has 7 nitrogen and oxygen atoms in total. The van der Waals surface area contributed by atoms with Crippen LogP contribution in [0.1, 0.15) is 19.8 Å². The van der Waals surface area contributed by atoms with E-state index in [4.69, 9.17) is 0 Å². The molecule has 0 aliphatic rings. The number of aliphatic carboxylic acids is 3. The van der Waals surface area contributed by atoms with Gasteiger partial charge in [0.25, 0.3) is 0 Å². The van der Waals surface area contributed by atoms with Gasteiger partial charge in [-0.1, -0.05) is 19.8 Å². The summed E-state index contributed by atoms with van der Waals surface area (Å²) < 4.78 is 442. The number of carboxylic acids is 3. The molecule has 0 bridgehead atoms. The van der Waals surface area contributed by atoms with Gasteiger partial charge in [0.2, 0.25) is 0 Å². The van der Waals surface area contributed by atoms with Gasteiger partial charge < -0.3 is 34.8 Å². The molecule has 0 aliphatic heterocycles. The van der Waals surface area contributed by atoms with Crippen LogP contribution in [0.5, 0.6) is 0 Å². The molecule has 0 unspecified atom stereocenters. The molecule has 0 fully saturated rings. The topological polar surface area (TPSA) is 143 Å². The van der Waals surface area contributed by atoms with E-state index in [-0.39, 0.29) is 28.3 Å². The van der Waals surface area contributed by atoms with Crippen LogP contribution in [-0.4, -0.2) is 133 Å². The number of hydrogen-bond acceptors (Lipinski definition) is 7. The van der Waals surface area contributed by atoms with Crippen LogP contribution < -0.4 is 20.4 Å². The van der Waals surface area contributed by atoms with Crippen molar-refractivity contribution in [1.29, 1.82) is 0 Å². The zero-order chi connectivity index (χ0) is 57.1. The quantitative estimate of drug-likeness (QED) is 0.0979. The molecular formula is C25H12F36O7Ti. The molecule has 0 aromatic heterocycles. The number of alkyl halides is 36. The number of carbonyl (C=O) groups is 3. The van der Waals surface area contributed by atoms with Crippen molar-refractivity contribution >= 4 is 17.9 Å². The predicted molar refractivity (Wildman–Crippen MR) is 127 cm³/mol. The summed E-state index contributed by atoms with van der Waals surface area (Å²) in [5, 5.41) is 38.2. The summed E-state index contributed by atoms with van der Waals surface area (Å²) in [6, 6.07) is 0. The van der Waals surface area contributed by atoms with Gasteiger partial charge in [0.1, 0.15) is 17.9 Å². The van der Waals surface area contributed by atoms with Crippen LogP contribution in [0.15, 0.2) is 0 Å². The molecule has 0 saturated carbocycles. The zero-order valence-electron chi connectivity index (χ0n) is 30.8. The second kappa shape index (κ2) is 22.5. The molecule has 69 heavy (non-hydrogen) atoms. The Morgan fingerprint density at radius 1 is 0.333 bits per heavy atom. The van der Waals surface area contributed by atoms with Crippen LogP contribution in [0.3, 0.4) is 0 Å². The van der Waals surface area contributed by atoms with Gasteiger partial charge in [-0.15, -0.1) is 6.61 Å². The van der Waals surface area contributed by atoms with E-state index in [1.807, 2.05) is 6.92 Å². The minimum absolute atomic E-state index is 0. The minimum atomic E-state index is -7.84. The number of carbonyl (C=O) groups excluding carboxylic acids is 3. The molecule has 0 rings (SSSR count). The Bertz CT molecular complexity index is 1490. The van der Waals surface area contributed by atoms with Crippen LogP contribution in [0, 0.1) is 0 Å². The Kier molecular flexibility index (Phi) is 24.3. The zero-order valence-corrected chi connectivity index (χ0v) is 32.4. The predicted octanol–water partition coefficient (Wildman–Crippen LogP) is 6.68. The SMILES string of the molecule is CCCC[O-].O=C([O-])C(F)(F)C(F)(F)C(F)(F)C(F)(F)C(F)(F)C(F)F.O=C([O-])C(F)(F)C(F)(F)C(F)(F)C(F)(F)C(F)(F)C(F)F.O=C([O-])C(F)(F)C(F)(F)C(F)(F)C(F)(F)C(F)(F)C(F)F.[Ti+4]. The molecule has 0 radical (unpaired) electrons. The first-order valence-electron chi connectivity index (χ1n) is 14.8. The molecule has 0 saturated heterocycles. The summed E-state index contributed by atoms with van der Waals surface area (Å²) in [6.07, 6.45) is -15.0. The van der Waals surface area contributed by atoms with Crippen molar-refractivity contribution in [3.8, 4) is 0 Å². The van der Waals surface area contributed by atoms with Gasteiger partial charge in [-0.2, -0.15) is 132 Å². The Morgan fingerprint density at radius 2 is 0.478 bits per heavy atom. The largest absolute Gasteiger partial charge is 4.00 e. The maximum atomic E-state index is 12.6. The first-order chi connectivity index (χ1) is 29.1. The minimum Gasteiger partial charge on any atom is -0.854 e. The molecule has 410 valence electrons. The van der Waals surface area contributed by atoms with Crippen molar-refractivity contribution in [2.75, 3.05) is 6.61 Å². The molecule has 0 aromatic carbocycles. The van der Waals surface area contributed by atoms with Crippen molar-refractivity contribution in [2.24, 2.45) is 0 Å². The van der Waals surface area contributed by atoms with Gasteiger partial charge in [-0.05, 0) is 0 Å². The van der Waals surface area contributed by atoms with Crippen molar-refractivity contribution in [2.45, 2.75) is 128 Å². The average molecular weight is 1160 g/mol. The average Bonchev–Trinajstić information content (AvgIpc) is 3.14. The maximum absolute atomic E-state index is 12.6. The summed E-state index contributed by atoms with van der Waals surface area (Å²) in [4.78, 5) is 28.7. The fraction of sp³-hybridized carbons (Fsp3) is 0.880. The number of unbranched alkanes of at least 4 members (excludes halogenated alkanes) is 1. The number of halogens is 36. The molecule has 0 aliphatic carbocycles. The van der Waals surface area contributed by atoms with E-state index < -0.39 is 126 Å². The van der Waals surface area contributed by atoms with E-state index in [1.54, 1.807) is 0 Å². The van der Waals surface area contributed by atoms with Crippen LogP contribution in [0.4, 0.5) is 158 Å². The second-order valence-electron chi connectivity index (χ2n) is 11.6. The van der Waals surface area contributed by atoms with Crippen LogP contribution in [0.25, 0.3) is 0 Å². The van der Waals surface area contributed by atoms with Gasteiger partial charge in [0.05, 0.1) is 0 Å². The summed E-state index contributed by atoms with van der Waals surface area (Å²) in [6.45, 7) is 2.11. The fourth-order valence-corrected chi connectivity index (χ4v) is 2.75. The Morgan fingerprint density at radius 3 is 0.551 bits per heavy atom. The summed E-state index contributed by atoms with van der Waals surface area (Å²) >= 11 is 0. The molecule has 0 amide bonds. The summed E-state index contributed by atoms with van der Waals surface area (Å²) in [5.74, 6) is -125. The monoisotopic (exact) mass is 1160 g/mol. The molecule has 0 heterocycles. The molecule has 0 aromatic rings. The van der Waals surface area contributed by atoms with E-state index in [0.29, 0.717) is 0 Å². The van der Waals surface area contributed by atoms with E-state index in [1.165, 1.54) is 0 Å². The van der Waals surface area contributed by atoms with E-state index in [2.05, 4.69) is 0 Å². The first-order valence-corrected chi connectivity index (χ1v) is 14.8. The number of carboxylic acid groups (broad SMARTS) is 3. The van der Waals surface area contributed by atoms with Gasteiger partial charge in [-0.25, -0.2) is 26.3 Å². The molecule has 0 spiro atoms. The number of rotatable bonds is 20. The van der Waals surface area contributed by atoms with Crippen molar-refractivity contribution in [3.05, 3.63) is 0 Å². The standard InChI is InChI=1S/3C7H2F12O2.C4H9O.Ti/c3*8-1(9)3(10,11)5(14,15)7(18,19)6(16,17)4(12,13)2(20)21;1-2-3-4-5;/h3*1H,(H,20,21);2-4H2,1H3;/q;;;-1;+4/p-3. The van der Waals surface area contributed by atoms with E-state index >= 15 is 0 Å². The second-order valence-corrected chi connectivity index (χ2v) is 11.6. The van der Waals surface area contributed by atoms with Gasteiger partial charge in [0.15, 0.2) is 0 Å². The third-order valence-corrected chi connectivity index (χ3v) is 6.89. The summed E-state index contributed by atoms with van der Waals surface area (Å²) in [5.41, 5.74) is 0. The van der Waals surface area contributed by atoms with Crippen LogP contribution in [0.2, 0.25) is 0 Å². The molecule has 0 N–H and O–H groups in total. The smallest absolute Gasteiger partial charge is 0.854 e. The van der Waals surface area contributed by atoms with Crippen LogP contribution >= 0.6 is 0 Å². The molecular weight excluding hydrogens is 1140 g/mol. The molecule has 44 heteroatoms. The van der Waals surface area contributed by atoms with Gasteiger partial charge in [-0.3, -0.25) is 0 Å². The fourth-order valence-electron chi connectivity index (χ4n) is 2.75. The third kappa shape index (κ3) is 12.4. The number of hydrogen-bond donors (Lipinski definition) is 0. The Labute approximate surface area is 367 Å². The van der Waals surface area contributed by atoms with E-state index in [0.717, 1.165) is 12.8 Å². The van der Waals surface area contributed by atoms with E-state index in [9.17, 15) is 193 Å². The van der Waals surface area contributed by atoms with Gasteiger partial charge >= 0.3 is 130 Å². The molecule has 0 atom stereocenters. The van der Waals surface area contributed by atoms with Gasteiger partial charge in [0, 0.05) is 0 Å². The Hall–Kier alpha value is -3.44. The maximum Gasteiger partial charge on any atom is 4.00 e. The normalized spacial score (nSPS) is 14.7. The van der Waals surface area contributed by atoms with Crippen molar-refractivity contribution < 1.29 is 215 Å². The third-order valence-electron chi connectivity index (χ3n) is 6.89. The van der Waals surface area contributed by atoms with Crippen LogP contribution in [-0.2, 0) is 36.1 Å².